The first-order valence-corrected chi connectivity index (χ1v) is 5.64. The van der Waals surface area contributed by atoms with Gasteiger partial charge in [-0.15, -0.1) is 11.6 Å². The highest BCUT2D eigenvalue weighted by Gasteiger charge is 2.22. The minimum absolute atomic E-state index is 0.140. The van der Waals surface area contributed by atoms with Crippen LogP contribution >= 0.6 is 11.6 Å². The summed E-state index contributed by atoms with van der Waals surface area (Å²) in [6, 6.07) is 8.09. The summed E-state index contributed by atoms with van der Waals surface area (Å²) in [6.07, 6.45) is 0.898. The second-order valence-corrected chi connectivity index (χ2v) is 5.41. The Hall–Kier alpha value is -0.690. The van der Waals surface area contributed by atoms with Crippen LogP contribution in [0.5, 0.6) is 5.75 Å². The Morgan fingerprint density at radius 1 is 1.20 bits per heavy atom. The molecule has 0 radical (unpaired) electrons. The monoisotopic (exact) mass is 226 g/mol. The van der Waals surface area contributed by atoms with Gasteiger partial charge in [-0.25, -0.2) is 0 Å². The molecule has 15 heavy (non-hydrogen) atoms. The van der Waals surface area contributed by atoms with E-state index in [4.69, 9.17) is 16.3 Å². The van der Waals surface area contributed by atoms with Crippen LogP contribution in [-0.2, 0) is 6.42 Å². The van der Waals surface area contributed by atoms with E-state index in [1.165, 1.54) is 5.56 Å². The normalized spacial score (nSPS) is 13.7. The Morgan fingerprint density at radius 2 is 1.73 bits per heavy atom. The van der Waals surface area contributed by atoms with E-state index >= 15 is 0 Å². The molecule has 1 aromatic carbocycles. The number of hydrogen-bond donors (Lipinski definition) is 0. The molecule has 0 heterocycles. The van der Waals surface area contributed by atoms with E-state index in [1.807, 2.05) is 12.1 Å². The van der Waals surface area contributed by atoms with Crippen molar-refractivity contribution >= 4 is 11.6 Å². The van der Waals surface area contributed by atoms with Crippen LogP contribution < -0.4 is 4.74 Å². The van der Waals surface area contributed by atoms with Crippen LogP contribution in [0.2, 0.25) is 0 Å². The van der Waals surface area contributed by atoms with Gasteiger partial charge in [0.15, 0.2) is 0 Å². The Morgan fingerprint density at radius 3 is 2.13 bits per heavy atom. The summed E-state index contributed by atoms with van der Waals surface area (Å²) in [5.74, 6) is 0.889. The van der Waals surface area contributed by atoms with Gasteiger partial charge < -0.3 is 4.74 Å². The average molecular weight is 227 g/mol. The molecule has 1 atom stereocenters. The van der Waals surface area contributed by atoms with Crippen LogP contribution in [-0.4, -0.2) is 12.5 Å². The molecule has 0 saturated carbocycles. The summed E-state index contributed by atoms with van der Waals surface area (Å²) in [4.78, 5) is 0. The first-order valence-electron chi connectivity index (χ1n) is 5.20. The topological polar surface area (TPSA) is 9.23 Å². The lowest BCUT2D eigenvalue weighted by molar-refractivity contribution is 0.386. The molecular formula is C13H19ClO. The summed E-state index contributed by atoms with van der Waals surface area (Å²) < 4.78 is 5.11. The van der Waals surface area contributed by atoms with Crippen molar-refractivity contribution in [3.63, 3.8) is 0 Å². The van der Waals surface area contributed by atoms with Crippen LogP contribution in [0.15, 0.2) is 24.3 Å². The summed E-state index contributed by atoms with van der Waals surface area (Å²) in [5, 5.41) is 0.158. The zero-order valence-electron chi connectivity index (χ0n) is 9.88. The van der Waals surface area contributed by atoms with Gasteiger partial charge >= 0.3 is 0 Å². The fourth-order valence-electron chi connectivity index (χ4n) is 1.27. The molecule has 84 valence electrons. The molecule has 0 aliphatic heterocycles. The van der Waals surface area contributed by atoms with Gasteiger partial charge in [0.2, 0.25) is 0 Å². The molecule has 1 unspecified atom stereocenters. The molecule has 0 spiro atoms. The van der Waals surface area contributed by atoms with Crippen LogP contribution in [0.4, 0.5) is 0 Å². The van der Waals surface area contributed by atoms with Crippen molar-refractivity contribution < 1.29 is 4.74 Å². The van der Waals surface area contributed by atoms with Gasteiger partial charge in [0.1, 0.15) is 5.75 Å². The van der Waals surface area contributed by atoms with E-state index in [0.717, 1.165) is 12.2 Å². The third-order valence-corrected chi connectivity index (χ3v) is 3.32. The lowest BCUT2D eigenvalue weighted by Gasteiger charge is -2.25. The summed E-state index contributed by atoms with van der Waals surface area (Å²) in [6.45, 7) is 6.48. The number of alkyl halides is 1. The van der Waals surface area contributed by atoms with Crippen LogP contribution in [0.3, 0.4) is 0 Å². The number of methoxy groups -OCH3 is 1. The molecule has 1 nitrogen and oxygen atoms in total. The molecular weight excluding hydrogens is 208 g/mol. The fourth-order valence-corrected chi connectivity index (χ4v) is 1.45. The molecule has 2 heteroatoms. The van der Waals surface area contributed by atoms with Crippen molar-refractivity contribution in [2.24, 2.45) is 5.41 Å². The molecule has 1 rings (SSSR count). The third-order valence-electron chi connectivity index (χ3n) is 2.51. The Kier molecular flexibility index (Phi) is 4.04. The van der Waals surface area contributed by atoms with Crippen molar-refractivity contribution in [2.75, 3.05) is 7.11 Å². The van der Waals surface area contributed by atoms with Crippen molar-refractivity contribution in [3.05, 3.63) is 29.8 Å². The second-order valence-electron chi connectivity index (χ2n) is 4.89. The lowest BCUT2D eigenvalue weighted by Crippen LogP contribution is -2.22. The Labute approximate surface area is 97.4 Å². The number of rotatable bonds is 3. The molecule has 0 amide bonds. The highest BCUT2D eigenvalue weighted by molar-refractivity contribution is 6.21. The summed E-state index contributed by atoms with van der Waals surface area (Å²) in [7, 11) is 1.68. The number of halogens is 1. The van der Waals surface area contributed by atoms with Gasteiger partial charge in [-0.05, 0) is 29.5 Å². The fraction of sp³-hybridized carbons (Fsp3) is 0.538. The highest BCUT2D eigenvalue weighted by atomic mass is 35.5. The van der Waals surface area contributed by atoms with Crippen LogP contribution in [0.1, 0.15) is 26.3 Å². The van der Waals surface area contributed by atoms with Gasteiger partial charge in [0.25, 0.3) is 0 Å². The predicted molar refractivity (Wildman–Crippen MR) is 65.8 cm³/mol. The molecule has 0 N–H and O–H groups in total. The quantitative estimate of drug-likeness (QED) is 0.711. The number of ether oxygens (including phenoxy) is 1. The SMILES string of the molecule is COc1ccc(CC(Cl)C(C)(C)C)cc1. The van der Waals surface area contributed by atoms with Gasteiger partial charge in [-0.1, -0.05) is 32.9 Å². The van der Waals surface area contributed by atoms with Crippen molar-refractivity contribution in [1.82, 2.24) is 0 Å². The first-order chi connectivity index (χ1) is 6.93. The maximum atomic E-state index is 6.33. The van der Waals surface area contributed by atoms with Crippen molar-refractivity contribution in [3.8, 4) is 5.75 Å². The zero-order chi connectivity index (χ0) is 11.5. The van der Waals surface area contributed by atoms with Gasteiger partial charge in [0.05, 0.1) is 7.11 Å². The van der Waals surface area contributed by atoms with E-state index < -0.39 is 0 Å². The molecule has 0 saturated heterocycles. The van der Waals surface area contributed by atoms with E-state index in [-0.39, 0.29) is 10.8 Å². The Bertz CT molecular complexity index is 297. The van der Waals surface area contributed by atoms with Crippen molar-refractivity contribution in [2.45, 2.75) is 32.6 Å². The van der Waals surface area contributed by atoms with E-state index in [1.54, 1.807) is 7.11 Å². The first kappa shape index (κ1) is 12.4. The standard InChI is InChI=1S/C13H19ClO/c1-13(2,3)12(14)9-10-5-7-11(15-4)8-6-10/h5-8,12H,9H2,1-4H3. The van der Waals surface area contributed by atoms with E-state index in [2.05, 4.69) is 32.9 Å². The van der Waals surface area contributed by atoms with Crippen LogP contribution in [0, 0.1) is 5.41 Å². The molecule has 1 aromatic rings. The Balaban J connectivity index is 2.65. The lowest BCUT2D eigenvalue weighted by atomic mass is 9.88. The zero-order valence-corrected chi connectivity index (χ0v) is 10.6. The van der Waals surface area contributed by atoms with Gasteiger partial charge in [-0.2, -0.15) is 0 Å². The number of hydrogen-bond acceptors (Lipinski definition) is 1. The molecule has 0 aromatic heterocycles. The third kappa shape index (κ3) is 3.75. The summed E-state index contributed by atoms with van der Waals surface area (Å²) >= 11 is 6.33. The smallest absolute Gasteiger partial charge is 0.118 e. The maximum Gasteiger partial charge on any atom is 0.118 e. The molecule has 0 fully saturated rings. The largest absolute Gasteiger partial charge is 0.497 e. The van der Waals surface area contributed by atoms with Gasteiger partial charge in [0, 0.05) is 5.38 Å². The van der Waals surface area contributed by atoms with Crippen molar-refractivity contribution in [1.29, 1.82) is 0 Å². The van der Waals surface area contributed by atoms with Gasteiger partial charge in [-0.3, -0.25) is 0 Å². The van der Waals surface area contributed by atoms with Crippen LogP contribution in [0.25, 0.3) is 0 Å². The minimum atomic E-state index is 0.140. The predicted octanol–water partition coefficient (Wildman–Crippen LogP) is 3.89. The molecule has 0 aliphatic rings. The molecule has 0 bridgehead atoms. The molecule has 0 aliphatic carbocycles. The second kappa shape index (κ2) is 4.89. The highest BCUT2D eigenvalue weighted by Crippen LogP contribution is 2.27. The maximum absolute atomic E-state index is 6.33. The average Bonchev–Trinajstić information content (AvgIpc) is 2.17. The number of benzene rings is 1. The van der Waals surface area contributed by atoms with E-state index in [0.29, 0.717) is 0 Å². The van der Waals surface area contributed by atoms with E-state index in [9.17, 15) is 0 Å². The minimum Gasteiger partial charge on any atom is -0.497 e. The summed E-state index contributed by atoms with van der Waals surface area (Å²) in [5.41, 5.74) is 1.40.